The number of tetrazole rings is 1. The van der Waals surface area contributed by atoms with Gasteiger partial charge in [-0.2, -0.15) is 27.5 Å². The molecule has 0 fully saturated rings. The summed E-state index contributed by atoms with van der Waals surface area (Å²) in [6.45, 7) is 0. The number of halogens is 3. The topological polar surface area (TPSA) is 95.9 Å². The molecule has 0 unspecified atom stereocenters. The number of alkyl halides is 3. The molecule has 138 valence electrons. The first kappa shape index (κ1) is 17.2. The summed E-state index contributed by atoms with van der Waals surface area (Å²) in [6.07, 6.45) is -4.67. The zero-order valence-corrected chi connectivity index (χ0v) is 14.3. The number of fused-ring (bicyclic) bond motifs is 1. The molecule has 0 bridgehead atoms. The minimum Gasteiger partial charge on any atom is -0.494 e. The smallest absolute Gasteiger partial charge is 0.453 e. The highest BCUT2D eigenvalue weighted by atomic mass is 32.2. The second kappa shape index (κ2) is 6.50. The molecule has 4 rings (SSSR count). The lowest BCUT2D eigenvalue weighted by Gasteiger charge is -2.09. The minimum atomic E-state index is -4.67. The largest absolute Gasteiger partial charge is 0.494 e. The molecule has 9 nitrogen and oxygen atoms in total. The van der Waals surface area contributed by atoms with Crippen molar-refractivity contribution in [3.05, 3.63) is 42.2 Å². The van der Waals surface area contributed by atoms with Crippen molar-refractivity contribution in [3.63, 3.8) is 0 Å². The quantitative estimate of drug-likeness (QED) is 0.520. The zero-order chi connectivity index (χ0) is 19.0. The first-order valence-corrected chi connectivity index (χ1v) is 8.18. The fourth-order valence-corrected chi connectivity index (χ4v) is 3.04. The second-order valence-electron chi connectivity index (χ2n) is 5.11. The molecule has 3 aromatic heterocycles. The van der Waals surface area contributed by atoms with Crippen LogP contribution in [0.4, 0.5) is 13.2 Å². The average Bonchev–Trinajstić information content (AvgIpc) is 3.27. The number of aromatic nitrogens is 8. The Morgan fingerprint density at radius 3 is 2.63 bits per heavy atom. The van der Waals surface area contributed by atoms with Crippen molar-refractivity contribution in [2.45, 2.75) is 16.4 Å². The van der Waals surface area contributed by atoms with E-state index in [4.69, 9.17) is 4.74 Å². The maximum absolute atomic E-state index is 13.0. The van der Waals surface area contributed by atoms with Crippen LogP contribution in [0.15, 0.2) is 46.6 Å². The highest BCUT2D eigenvalue weighted by Crippen LogP contribution is 2.31. The van der Waals surface area contributed by atoms with Gasteiger partial charge in [-0.15, -0.1) is 15.3 Å². The molecule has 0 N–H and O–H groups in total. The van der Waals surface area contributed by atoms with Gasteiger partial charge in [-0.3, -0.25) is 0 Å². The monoisotopic (exact) mass is 394 g/mol. The first-order chi connectivity index (χ1) is 13.0. The van der Waals surface area contributed by atoms with E-state index in [1.807, 2.05) is 0 Å². The Morgan fingerprint density at radius 1 is 1.04 bits per heavy atom. The molecule has 0 saturated carbocycles. The van der Waals surface area contributed by atoms with Crippen molar-refractivity contribution >= 4 is 17.4 Å². The molecule has 0 saturated heterocycles. The number of benzene rings is 1. The predicted octanol–water partition coefficient (Wildman–Crippen LogP) is 2.28. The molecular weight excluding hydrogens is 385 g/mol. The summed E-state index contributed by atoms with van der Waals surface area (Å²) in [5.74, 6) is -0.669. The second-order valence-corrected chi connectivity index (χ2v) is 6.10. The van der Waals surface area contributed by atoms with Gasteiger partial charge < -0.3 is 4.74 Å². The lowest BCUT2D eigenvalue weighted by atomic mass is 10.3. The number of rotatable bonds is 4. The first-order valence-electron chi connectivity index (χ1n) is 7.36. The van der Waals surface area contributed by atoms with Gasteiger partial charge in [0.05, 0.1) is 7.11 Å². The van der Waals surface area contributed by atoms with E-state index >= 15 is 0 Å². The standard InChI is InChI=1S/C14H9F3N8OS/c1-26-9-5-3-2-4-8(9)24-13(20-22-23-24)27-11-7-6-10-18-19-12(14(15,16)17)25(10)21-11/h2-7H,1H3. The highest BCUT2D eigenvalue weighted by molar-refractivity contribution is 7.99. The summed E-state index contributed by atoms with van der Waals surface area (Å²) in [4.78, 5) is 0. The van der Waals surface area contributed by atoms with E-state index in [1.54, 1.807) is 24.3 Å². The van der Waals surface area contributed by atoms with E-state index in [9.17, 15) is 13.2 Å². The molecule has 0 aliphatic rings. The van der Waals surface area contributed by atoms with Crippen LogP contribution in [0.5, 0.6) is 5.75 Å². The van der Waals surface area contributed by atoms with Gasteiger partial charge in [-0.1, -0.05) is 12.1 Å². The minimum absolute atomic E-state index is 0.0176. The summed E-state index contributed by atoms with van der Waals surface area (Å²) in [6, 6.07) is 9.95. The summed E-state index contributed by atoms with van der Waals surface area (Å²) in [5, 5.41) is 22.6. The van der Waals surface area contributed by atoms with E-state index in [-0.39, 0.29) is 10.7 Å². The summed E-state index contributed by atoms with van der Waals surface area (Å²) in [5.41, 5.74) is 0.560. The molecule has 0 radical (unpaired) electrons. The number of hydrogen-bond acceptors (Lipinski definition) is 8. The van der Waals surface area contributed by atoms with Gasteiger partial charge in [0.15, 0.2) is 5.65 Å². The van der Waals surface area contributed by atoms with Crippen molar-refractivity contribution < 1.29 is 17.9 Å². The molecule has 3 heterocycles. The van der Waals surface area contributed by atoms with Crippen molar-refractivity contribution in [1.82, 2.24) is 40.0 Å². The fourth-order valence-electron chi connectivity index (χ4n) is 2.30. The summed E-state index contributed by atoms with van der Waals surface area (Å²) < 4.78 is 46.4. The van der Waals surface area contributed by atoms with Crippen LogP contribution in [0.25, 0.3) is 11.3 Å². The Hall–Kier alpha value is -3.22. The molecule has 0 spiro atoms. The predicted molar refractivity (Wildman–Crippen MR) is 85.6 cm³/mol. The van der Waals surface area contributed by atoms with Crippen LogP contribution in [0.1, 0.15) is 5.82 Å². The maximum Gasteiger partial charge on any atom is 0.453 e. The Labute approximate surface area is 153 Å². The normalized spacial score (nSPS) is 11.9. The molecule has 4 aromatic rings. The number of methoxy groups -OCH3 is 1. The van der Waals surface area contributed by atoms with E-state index < -0.39 is 12.0 Å². The van der Waals surface area contributed by atoms with Gasteiger partial charge in [0, 0.05) is 0 Å². The van der Waals surface area contributed by atoms with E-state index in [0.717, 1.165) is 11.8 Å². The van der Waals surface area contributed by atoms with Gasteiger partial charge in [-0.25, -0.2) is 0 Å². The third-order valence-corrected chi connectivity index (χ3v) is 4.31. The van der Waals surface area contributed by atoms with Crippen LogP contribution >= 0.6 is 11.8 Å². The van der Waals surface area contributed by atoms with Crippen LogP contribution in [-0.2, 0) is 6.18 Å². The van der Waals surface area contributed by atoms with Gasteiger partial charge in [0.1, 0.15) is 16.5 Å². The van der Waals surface area contributed by atoms with Gasteiger partial charge >= 0.3 is 6.18 Å². The Morgan fingerprint density at radius 2 is 1.85 bits per heavy atom. The van der Waals surface area contributed by atoms with Crippen LogP contribution in [-0.4, -0.2) is 47.1 Å². The highest BCUT2D eigenvalue weighted by Gasteiger charge is 2.37. The van der Waals surface area contributed by atoms with Crippen molar-refractivity contribution in [1.29, 1.82) is 0 Å². The van der Waals surface area contributed by atoms with Gasteiger partial charge in [0.2, 0.25) is 5.16 Å². The molecule has 0 aliphatic carbocycles. The van der Waals surface area contributed by atoms with Crippen molar-refractivity contribution in [2.75, 3.05) is 7.11 Å². The Balaban J connectivity index is 1.73. The maximum atomic E-state index is 13.0. The lowest BCUT2D eigenvalue weighted by Crippen LogP contribution is -2.12. The molecule has 0 atom stereocenters. The van der Waals surface area contributed by atoms with Crippen molar-refractivity contribution in [3.8, 4) is 11.4 Å². The van der Waals surface area contributed by atoms with Crippen molar-refractivity contribution in [2.24, 2.45) is 0 Å². The Kier molecular flexibility index (Phi) is 4.14. The molecule has 27 heavy (non-hydrogen) atoms. The SMILES string of the molecule is COc1ccccc1-n1nnnc1Sc1ccc2nnc(C(F)(F)F)n2n1. The lowest BCUT2D eigenvalue weighted by molar-refractivity contribution is -0.146. The third kappa shape index (κ3) is 3.16. The van der Waals surface area contributed by atoms with Crippen LogP contribution < -0.4 is 4.74 Å². The average molecular weight is 394 g/mol. The van der Waals surface area contributed by atoms with Gasteiger partial charge in [-0.05, 0) is 46.5 Å². The summed E-state index contributed by atoms with van der Waals surface area (Å²) >= 11 is 0.989. The number of nitrogens with zero attached hydrogens (tertiary/aromatic N) is 8. The van der Waals surface area contributed by atoms with Crippen LogP contribution in [0.3, 0.4) is 0 Å². The molecule has 1 aromatic carbocycles. The fraction of sp³-hybridized carbons (Fsp3) is 0.143. The molecular formula is C14H9F3N8OS. The number of hydrogen-bond donors (Lipinski definition) is 0. The van der Waals surface area contributed by atoms with Crippen LogP contribution in [0, 0.1) is 0 Å². The summed E-state index contributed by atoms with van der Waals surface area (Å²) in [7, 11) is 1.51. The van der Waals surface area contributed by atoms with E-state index in [0.29, 0.717) is 21.1 Å². The van der Waals surface area contributed by atoms with E-state index in [2.05, 4.69) is 30.8 Å². The van der Waals surface area contributed by atoms with Crippen LogP contribution in [0.2, 0.25) is 0 Å². The Bertz CT molecular complexity index is 1110. The number of para-hydroxylation sites is 2. The third-order valence-electron chi connectivity index (χ3n) is 3.44. The molecule has 0 amide bonds. The van der Waals surface area contributed by atoms with E-state index in [1.165, 1.54) is 23.9 Å². The number of ether oxygens (including phenoxy) is 1. The molecule has 13 heteroatoms. The van der Waals surface area contributed by atoms with Gasteiger partial charge in [0.25, 0.3) is 5.82 Å². The molecule has 0 aliphatic heterocycles. The zero-order valence-electron chi connectivity index (χ0n) is 13.5.